The third-order valence-electron chi connectivity index (χ3n) is 6.19. The maximum atomic E-state index is 14.3. The predicted molar refractivity (Wildman–Crippen MR) is 142 cm³/mol. The van der Waals surface area contributed by atoms with Gasteiger partial charge in [-0.15, -0.1) is 0 Å². The Labute approximate surface area is 211 Å². The molecule has 0 aliphatic rings. The van der Waals surface area contributed by atoms with Crippen LogP contribution in [0.1, 0.15) is 45.6 Å². The molecule has 7 nitrogen and oxygen atoms in total. The van der Waals surface area contributed by atoms with Crippen LogP contribution in [0.25, 0.3) is 22.3 Å². The number of nitrogens with two attached hydrogens (primary N) is 2. The number of carbonyl (C=O) groups excluding carboxylic acids is 1. The number of nitrogens with zero attached hydrogens (tertiary/aromatic N) is 1. The minimum absolute atomic E-state index is 0.0188. The van der Waals surface area contributed by atoms with Crippen molar-refractivity contribution in [2.24, 2.45) is 10.7 Å². The molecule has 5 N–H and O–H groups in total. The molecule has 1 atom stereocenters. The maximum absolute atomic E-state index is 14.3. The Bertz CT molecular complexity index is 1640. The van der Waals surface area contributed by atoms with Crippen LogP contribution in [0.3, 0.4) is 0 Å². The highest BCUT2D eigenvalue weighted by molar-refractivity contribution is 5.99. The molecule has 3 aromatic carbocycles. The first kappa shape index (κ1) is 25.6. The van der Waals surface area contributed by atoms with Gasteiger partial charge in [0.15, 0.2) is 17.1 Å². The van der Waals surface area contributed by atoms with Crippen LogP contribution in [0.4, 0.5) is 20.2 Å². The number of benzene rings is 3. The molecule has 4 rings (SSSR count). The van der Waals surface area contributed by atoms with Gasteiger partial charge in [-0.2, -0.15) is 0 Å². The van der Waals surface area contributed by atoms with Gasteiger partial charge >= 0.3 is 0 Å². The number of anilines is 2. The standard InChI is InChI=1S/C28H26F2N4O3/c1-13-9-18(15(3)34-22-8-6-20(29)24(30)23(22)28(32)36)27-19(10-13)25(35)14(2)26(37-27)16-5-7-21(31)17(11-16)12-33-4/h5-12,15,34H,31H2,1-4H3,(H2,32,36). The molecule has 0 saturated carbocycles. The maximum Gasteiger partial charge on any atom is 0.253 e. The molecule has 1 aromatic heterocycles. The van der Waals surface area contributed by atoms with Crippen molar-refractivity contribution in [2.75, 3.05) is 18.1 Å². The molecule has 1 heterocycles. The zero-order valence-electron chi connectivity index (χ0n) is 20.8. The average Bonchev–Trinajstić information content (AvgIpc) is 2.85. The fourth-order valence-corrected chi connectivity index (χ4v) is 4.35. The highest BCUT2D eigenvalue weighted by Crippen LogP contribution is 2.34. The first-order valence-corrected chi connectivity index (χ1v) is 11.5. The Kier molecular flexibility index (Phi) is 6.80. The number of carbonyl (C=O) groups is 1. The summed E-state index contributed by atoms with van der Waals surface area (Å²) in [5.74, 6) is -3.26. The van der Waals surface area contributed by atoms with Crippen molar-refractivity contribution in [3.05, 3.63) is 92.1 Å². The van der Waals surface area contributed by atoms with E-state index in [9.17, 15) is 18.4 Å². The van der Waals surface area contributed by atoms with Crippen molar-refractivity contribution in [1.82, 2.24) is 0 Å². The van der Waals surface area contributed by atoms with Gasteiger partial charge in [0.2, 0.25) is 0 Å². The zero-order valence-corrected chi connectivity index (χ0v) is 20.8. The molecular formula is C28H26F2N4O3. The monoisotopic (exact) mass is 504 g/mol. The molecular weight excluding hydrogens is 478 g/mol. The number of aliphatic imine (C=N–C) groups is 1. The first-order chi connectivity index (χ1) is 17.5. The van der Waals surface area contributed by atoms with Crippen LogP contribution in [0.5, 0.6) is 0 Å². The van der Waals surface area contributed by atoms with E-state index in [4.69, 9.17) is 15.9 Å². The summed E-state index contributed by atoms with van der Waals surface area (Å²) in [4.78, 5) is 29.3. The summed E-state index contributed by atoms with van der Waals surface area (Å²) in [6, 6.07) is 10.4. The molecule has 9 heteroatoms. The number of halogens is 2. The molecule has 0 fully saturated rings. The minimum Gasteiger partial charge on any atom is -0.455 e. The van der Waals surface area contributed by atoms with E-state index >= 15 is 0 Å². The lowest BCUT2D eigenvalue weighted by atomic mass is 9.98. The van der Waals surface area contributed by atoms with E-state index in [-0.39, 0.29) is 11.1 Å². The van der Waals surface area contributed by atoms with Crippen molar-refractivity contribution in [3.63, 3.8) is 0 Å². The van der Waals surface area contributed by atoms with Gasteiger partial charge in [-0.3, -0.25) is 14.6 Å². The Morgan fingerprint density at radius 1 is 1.14 bits per heavy atom. The van der Waals surface area contributed by atoms with Gasteiger partial charge in [0.05, 0.1) is 17.1 Å². The second-order valence-corrected chi connectivity index (χ2v) is 8.86. The molecule has 0 spiro atoms. The van der Waals surface area contributed by atoms with Crippen LogP contribution in [0.15, 0.2) is 56.7 Å². The van der Waals surface area contributed by atoms with Crippen LogP contribution in [-0.4, -0.2) is 19.2 Å². The van der Waals surface area contributed by atoms with E-state index < -0.39 is 29.1 Å². The van der Waals surface area contributed by atoms with E-state index in [0.29, 0.717) is 44.7 Å². The SMILES string of the molecule is CN=Cc1cc(-c2oc3c(C(C)Nc4ccc(F)c(F)c4C(N)=O)cc(C)cc3c(=O)c2C)ccc1N. The first-order valence-electron chi connectivity index (χ1n) is 11.5. The largest absolute Gasteiger partial charge is 0.455 e. The Hall–Kier alpha value is -4.53. The van der Waals surface area contributed by atoms with Gasteiger partial charge in [-0.1, -0.05) is 6.07 Å². The van der Waals surface area contributed by atoms with Gasteiger partial charge in [-0.25, -0.2) is 8.78 Å². The van der Waals surface area contributed by atoms with Crippen LogP contribution < -0.4 is 22.2 Å². The number of fused-ring (bicyclic) bond motifs is 1. The van der Waals surface area contributed by atoms with Gasteiger partial charge in [0, 0.05) is 41.2 Å². The van der Waals surface area contributed by atoms with Gasteiger partial charge in [-0.05, 0) is 62.7 Å². The normalized spacial score (nSPS) is 12.3. The third-order valence-corrected chi connectivity index (χ3v) is 6.19. The molecule has 0 aliphatic carbocycles. The van der Waals surface area contributed by atoms with Gasteiger partial charge in [0.1, 0.15) is 16.9 Å². The summed E-state index contributed by atoms with van der Waals surface area (Å²) in [5.41, 5.74) is 14.6. The summed E-state index contributed by atoms with van der Waals surface area (Å²) in [5, 5.41) is 3.39. The average molecular weight is 505 g/mol. The summed E-state index contributed by atoms with van der Waals surface area (Å²) in [6.07, 6.45) is 1.62. The number of nitrogen functional groups attached to an aromatic ring is 1. The lowest BCUT2D eigenvalue weighted by molar-refractivity contribution is 0.0996. The van der Waals surface area contributed by atoms with Crippen molar-refractivity contribution >= 4 is 34.5 Å². The van der Waals surface area contributed by atoms with Crippen molar-refractivity contribution in [2.45, 2.75) is 26.8 Å². The highest BCUT2D eigenvalue weighted by atomic mass is 19.2. The molecule has 37 heavy (non-hydrogen) atoms. The van der Waals surface area contributed by atoms with E-state index in [1.807, 2.05) is 13.0 Å². The fraction of sp³-hybridized carbons (Fsp3) is 0.179. The predicted octanol–water partition coefficient (Wildman–Crippen LogP) is 5.26. The number of hydrogen-bond donors (Lipinski definition) is 3. The van der Waals surface area contributed by atoms with E-state index in [0.717, 1.165) is 11.6 Å². The number of nitrogens with one attached hydrogen (secondary N) is 1. The summed E-state index contributed by atoms with van der Waals surface area (Å²) in [6.45, 7) is 5.27. The molecule has 1 unspecified atom stereocenters. The van der Waals surface area contributed by atoms with E-state index in [1.54, 1.807) is 51.4 Å². The van der Waals surface area contributed by atoms with Crippen LogP contribution in [0, 0.1) is 25.5 Å². The van der Waals surface area contributed by atoms with Crippen molar-refractivity contribution in [3.8, 4) is 11.3 Å². The van der Waals surface area contributed by atoms with Crippen LogP contribution in [-0.2, 0) is 0 Å². The van der Waals surface area contributed by atoms with Crippen molar-refractivity contribution < 1.29 is 18.0 Å². The lowest BCUT2D eigenvalue weighted by Gasteiger charge is -2.20. The Balaban J connectivity index is 1.91. The van der Waals surface area contributed by atoms with E-state index in [2.05, 4.69) is 10.3 Å². The second-order valence-electron chi connectivity index (χ2n) is 8.86. The minimum atomic E-state index is -1.34. The fourth-order valence-electron chi connectivity index (χ4n) is 4.35. The Morgan fingerprint density at radius 3 is 2.54 bits per heavy atom. The summed E-state index contributed by atoms with van der Waals surface area (Å²) < 4.78 is 34.4. The molecule has 0 bridgehead atoms. The number of hydrogen-bond acceptors (Lipinski definition) is 6. The molecule has 0 radical (unpaired) electrons. The molecule has 0 saturated heterocycles. The number of aryl methyl sites for hydroxylation is 1. The van der Waals surface area contributed by atoms with Gasteiger partial charge in [0.25, 0.3) is 5.91 Å². The molecule has 4 aromatic rings. The Morgan fingerprint density at radius 2 is 1.86 bits per heavy atom. The smallest absolute Gasteiger partial charge is 0.253 e. The summed E-state index contributed by atoms with van der Waals surface area (Å²) in [7, 11) is 1.63. The molecule has 190 valence electrons. The quantitative estimate of drug-likeness (QED) is 0.244. The molecule has 1 amide bonds. The molecule has 0 aliphatic heterocycles. The lowest BCUT2D eigenvalue weighted by Crippen LogP contribution is -2.19. The third kappa shape index (κ3) is 4.67. The van der Waals surface area contributed by atoms with Crippen LogP contribution in [0.2, 0.25) is 0 Å². The van der Waals surface area contributed by atoms with Crippen LogP contribution >= 0.6 is 0 Å². The topological polar surface area (TPSA) is 124 Å². The van der Waals surface area contributed by atoms with Gasteiger partial charge < -0.3 is 21.2 Å². The van der Waals surface area contributed by atoms with E-state index in [1.165, 1.54) is 6.07 Å². The summed E-state index contributed by atoms with van der Waals surface area (Å²) >= 11 is 0. The number of primary amides is 1. The zero-order chi connectivity index (χ0) is 27.0. The van der Waals surface area contributed by atoms with Crippen molar-refractivity contribution in [1.29, 1.82) is 0 Å². The highest BCUT2D eigenvalue weighted by Gasteiger charge is 2.23. The second kappa shape index (κ2) is 9.85. The number of rotatable bonds is 6. The number of amides is 1.